The van der Waals surface area contributed by atoms with Crippen LogP contribution in [0.15, 0.2) is 54.9 Å². The molecule has 0 bridgehead atoms. The number of rotatable bonds is 7. The lowest BCUT2D eigenvalue weighted by Gasteiger charge is -2.31. The molecule has 1 aliphatic heterocycles. The van der Waals surface area contributed by atoms with E-state index in [-0.39, 0.29) is 6.42 Å². The first kappa shape index (κ1) is 22.1. The smallest absolute Gasteiger partial charge is 0.264 e. The summed E-state index contributed by atoms with van der Waals surface area (Å²) in [5.41, 5.74) is 6.11. The van der Waals surface area contributed by atoms with Gasteiger partial charge in [-0.3, -0.25) is 19.9 Å². The van der Waals surface area contributed by atoms with E-state index in [0.29, 0.717) is 13.1 Å². The summed E-state index contributed by atoms with van der Waals surface area (Å²) in [6.45, 7) is 3.25. The second-order valence-corrected chi connectivity index (χ2v) is 10.2. The van der Waals surface area contributed by atoms with Crippen LogP contribution in [0.5, 0.6) is 0 Å². The molecule has 1 aliphatic rings. The normalized spacial score (nSPS) is 17.1. The third-order valence-electron chi connectivity index (χ3n) is 5.85. The number of amides is 1. The highest BCUT2D eigenvalue weighted by Crippen LogP contribution is 2.27. The van der Waals surface area contributed by atoms with Crippen LogP contribution < -0.4 is 5.48 Å². The highest BCUT2D eigenvalue weighted by molar-refractivity contribution is 7.92. The fourth-order valence-electron chi connectivity index (χ4n) is 3.54. The Hall–Kier alpha value is -2.55. The van der Waals surface area contributed by atoms with Crippen molar-refractivity contribution >= 4 is 21.3 Å². The number of pyridine rings is 1. The summed E-state index contributed by atoms with van der Waals surface area (Å²) >= 11 is 0. The van der Waals surface area contributed by atoms with Gasteiger partial charge < -0.3 is 0 Å². The number of hydrogen-bond donors (Lipinski definition) is 2. The second kappa shape index (κ2) is 9.07. The van der Waals surface area contributed by atoms with Gasteiger partial charge in [-0.05, 0) is 48.1 Å². The molecule has 1 unspecified atom stereocenters. The Bertz CT molecular complexity index is 1020. The first-order chi connectivity index (χ1) is 14.2. The first-order valence-electron chi connectivity index (χ1n) is 9.81. The van der Waals surface area contributed by atoms with Crippen molar-refractivity contribution in [3.63, 3.8) is 0 Å². The third kappa shape index (κ3) is 4.77. The van der Waals surface area contributed by atoms with Gasteiger partial charge in [0.2, 0.25) is 0 Å². The van der Waals surface area contributed by atoms with Crippen molar-refractivity contribution in [3.05, 3.63) is 60.4 Å². The van der Waals surface area contributed by atoms with Gasteiger partial charge in [0.05, 0.1) is 0 Å². The van der Waals surface area contributed by atoms with Gasteiger partial charge in [-0.1, -0.05) is 36.4 Å². The average molecular weight is 430 g/mol. The summed E-state index contributed by atoms with van der Waals surface area (Å²) in [4.78, 5) is 18.2. The first-order valence-corrected chi connectivity index (χ1v) is 11.7. The highest BCUT2D eigenvalue weighted by Gasteiger charge is 2.43. The lowest BCUT2D eigenvalue weighted by molar-refractivity contribution is -0.131. The molecule has 2 heterocycles. The fraction of sp³-hybridized carbons (Fsp3) is 0.364. The maximum absolute atomic E-state index is 12.1. The molecule has 7 nitrogen and oxygen atoms in total. The number of sulfone groups is 1. The Kier molecular flexibility index (Phi) is 6.70. The standard InChI is InChI=1S/C22H27N3O4S/c1-22(21(26)24-27,30(2,28)29)11-15-25-13-9-19(10-14-25)17-5-7-18(8-6-17)20-4-3-12-23-16-20/h3-9,12,16,27H,10-11,13-15H2,1-2H3,(H,24,26). The minimum atomic E-state index is -3.68. The van der Waals surface area contributed by atoms with Gasteiger partial charge in [0.25, 0.3) is 5.91 Å². The SMILES string of the molecule is CC(CCN1CC=C(c2ccc(-c3cccnc3)cc2)CC1)(C(=O)NO)S(C)(=O)=O. The maximum Gasteiger partial charge on any atom is 0.264 e. The Morgan fingerprint density at radius 1 is 1.20 bits per heavy atom. The summed E-state index contributed by atoms with van der Waals surface area (Å²) in [7, 11) is -3.68. The number of nitrogens with zero attached hydrogens (tertiary/aromatic N) is 2. The molecule has 2 aromatic rings. The van der Waals surface area contributed by atoms with Crippen LogP contribution in [0.1, 0.15) is 25.3 Å². The Morgan fingerprint density at radius 3 is 2.43 bits per heavy atom. The molecule has 0 aliphatic carbocycles. The second-order valence-electron chi connectivity index (χ2n) is 7.79. The van der Waals surface area contributed by atoms with Crippen LogP contribution in [0.25, 0.3) is 16.7 Å². The van der Waals surface area contributed by atoms with E-state index in [1.54, 1.807) is 6.20 Å². The van der Waals surface area contributed by atoms with Crippen LogP contribution in [0.3, 0.4) is 0 Å². The zero-order valence-electron chi connectivity index (χ0n) is 17.2. The molecule has 160 valence electrons. The summed E-state index contributed by atoms with van der Waals surface area (Å²) in [5, 5.41) is 8.93. The predicted molar refractivity (Wildman–Crippen MR) is 117 cm³/mol. The molecule has 1 amide bonds. The van der Waals surface area contributed by atoms with E-state index in [0.717, 1.165) is 30.3 Å². The Labute approximate surface area is 177 Å². The number of carbonyl (C=O) groups is 1. The minimum Gasteiger partial charge on any atom is -0.299 e. The van der Waals surface area contributed by atoms with E-state index in [2.05, 4.69) is 40.2 Å². The van der Waals surface area contributed by atoms with Gasteiger partial charge in [0, 0.05) is 38.3 Å². The number of benzene rings is 1. The lowest BCUT2D eigenvalue weighted by atomic mass is 9.96. The van der Waals surface area contributed by atoms with Crippen molar-refractivity contribution in [3.8, 4) is 11.1 Å². The van der Waals surface area contributed by atoms with Gasteiger partial charge in [-0.25, -0.2) is 13.9 Å². The molecule has 1 atom stereocenters. The molecule has 0 saturated carbocycles. The molecule has 1 aromatic heterocycles. The number of hydroxylamine groups is 1. The van der Waals surface area contributed by atoms with E-state index in [9.17, 15) is 13.2 Å². The van der Waals surface area contributed by atoms with Crippen molar-refractivity contribution in [2.75, 3.05) is 25.9 Å². The average Bonchev–Trinajstić information content (AvgIpc) is 2.77. The molecule has 30 heavy (non-hydrogen) atoms. The van der Waals surface area contributed by atoms with Crippen molar-refractivity contribution in [2.45, 2.75) is 24.5 Å². The third-order valence-corrected chi connectivity index (χ3v) is 7.88. The zero-order valence-corrected chi connectivity index (χ0v) is 18.0. The Morgan fingerprint density at radius 2 is 1.90 bits per heavy atom. The van der Waals surface area contributed by atoms with E-state index >= 15 is 0 Å². The molecule has 0 spiro atoms. The summed E-state index contributed by atoms with van der Waals surface area (Å²) in [6, 6.07) is 12.3. The fourth-order valence-corrected chi connectivity index (χ4v) is 4.39. The number of nitrogens with one attached hydrogen (secondary N) is 1. The monoisotopic (exact) mass is 429 g/mol. The van der Waals surface area contributed by atoms with Gasteiger partial charge >= 0.3 is 0 Å². The van der Waals surface area contributed by atoms with Gasteiger partial charge in [0.1, 0.15) is 0 Å². The molecule has 2 N–H and O–H groups in total. The van der Waals surface area contributed by atoms with Gasteiger partial charge in [-0.2, -0.15) is 0 Å². The quantitative estimate of drug-likeness (QED) is 0.518. The molecular weight excluding hydrogens is 402 g/mol. The van der Waals surface area contributed by atoms with E-state index in [1.165, 1.54) is 23.5 Å². The van der Waals surface area contributed by atoms with Crippen molar-refractivity contribution in [2.24, 2.45) is 0 Å². The van der Waals surface area contributed by atoms with Gasteiger partial charge in [0.15, 0.2) is 14.6 Å². The van der Waals surface area contributed by atoms with Crippen LogP contribution in [0.4, 0.5) is 0 Å². The van der Waals surface area contributed by atoms with E-state index in [1.807, 2.05) is 18.3 Å². The maximum atomic E-state index is 12.1. The summed E-state index contributed by atoms with van der Waals surface area (Å²) in [5.74, 6) is -0.896. The molecule has 1 aromatic carbocycles. The zero-order chi connectivity index (χ0) is 21.8. The molecule has 8 heteroatoms. The number of hydrogen-bond acceptors (Lipinski definition) is 6. The van der Waals surface area contributed by atoms with Crippen LogP contribution >= 0.6 is 0 Å². The number of aromatic nitrogens is 1. The van der Waals surface area contributed by atoms with Crippen LogP contribution in [-0.2, 0) is 14.6 Å². The number of carbonyl (C=O) groups excluding carboxylic acids is 1. The Balaban J connectivity index is 1.63. The van der Waals surface area contributed by atoms with Crippen LogP contribution in [0.2, 0.25) is 0 Å². The lowest BCUT2D eigenvalue weighted by Crippen LogP contribution is -2.51. The molecular formula is C22H27N3O4S. The van der Waals surface area contributed by atoms with Crippen molar-refractivity contribution < 1.29 is 18.4 Å². The highest BCUT2D eigenvalue weighted by atomic mass is 32.2. The predicted octanol–water partition coefficient (Wildman–Crippen LogP) is 2.54. The molecule has 0 fully saturated rings. The van der Waals surface area contributed by atoms with Crippen molar-refractivity contribution in [1.29, 1.82) is 0 Å². The summed E-state index contributed by atoms with van der Waals surface area (Å²) in [6.07, 6.45) is 7.71. The molecule has 0 saturated heterocycles. The van der Waals surface area contributed by atoms with E-state index < -0.39 is 20.5 Å². The largest absolute Gasteiger partial charge is 0.299 e. The van der Waals surface area contributed by atoms with Gasteiger partial charge in [-0.15, -0.1) is 0 Å². The van der Waals surface area contributed by atoms with Crippen molar-refractivity contribution in [1.82, 2.24) is 15.4 Å². The molecule has 0 radical (unpaired) electrons. The molecule has 3 rings (SSSR count). The van der Waals surface area contributed by atoms with E-state index in [4.69, 9.17) is 5.21 Å². The van der Waals surface area contributed by atoms with Crippen LogP contribution in [-0.4, -0.2) is 60.1 Å². The minimum absolute atomic E-state index is 0.112. The summed E-state index contributed by atoms with van der Waals surface area (Å²) < 4.78 is 22.5. The van der Waals surface area contributed by atoms with Crippen LogP contribution in [0, 0.1) is 0 Å². The topological polar surface area (TPSA) is 99.6 Å².